The van der Waals surface area contributed by atoms with Crippen LogP contribution in [0, 0.1) is 0 Å². The lowest BCUT2D eigenvalue weighted by Gasteiger charge is -2.32. The Morgan fingerprint density at radius 2 is 1.96 bits per heavy atom. The lowest BCUT2D eigenvalue weighted by Crippen LogP contribution is -2.41. The molecule has 2 N–H and O–H groups in total. The maximum atomic E-state index is 11.4. The van der Waals surface area contributed by atoms with Crippen LogP contribution in [0.15, 0.2) is 11.7 Å². The van der Waals surface area contributed by atoms with E-state index in [4.69, 9.17) is 26.6 Å². The highest BCUT2D eigenvalue weighted by Gasteiger charge is 2.52. The van der Waals surface area contributed by atoms with E-state index in [0.29, 0.717) is 11.3 Å². The molecule has 1 aliphatic rings. The average Bonchev–Trinajstić information content (AvgIpc) is 2.65. The van der Waals surface area contributed by atoms with Crippen LogP contribution in [0.5, 0.6) is 0 Å². The molecular weight excluding hydrogens is 349 g/mol. The highest BCUT2D eigenvalue weighted by molar-refractivity contribution is 8.13. The van der Waals surface area contributed by atoms with Crippen molar-refractivity contribution in [3.8, 4) is 0 Å². The normalized spacial score (nSPS) is 19.6. The molecule has 130 valence electrons. The quantitative estimate of drug-likeness (QED) is 0.644. The molecule has 0 saturated carbocycles. The number of carbonyl (C=O) groups excluding carboxylic acids is 1. The second kappa shape index (κ2) is 7.03. The lowest BCUT2D eigenvalue weighted by atomic mass is 9.78. The summed E-state index contributed by atoms with van der Waals surface area (Å²) >= 11 is 7.30. The Labute approximate surface area is 151 Å². The molecule has 1 aromatic heterocycles. The van der Waals surface area contributed by atoms with E-state index in [0.717, 1.165) is 5.47 Å². The highest BCUT2D eigenvalue weighted by atomic mass is 35.5. The van der Waals surface area contributed by atoms with Crippen LogP contribution in [-0.4, -0.2) is 39.2 Å². The molecule has 0 atom stereocenters. The average molecular weight is 370 g/mol. The van der Waals surface area contributed by atoms with Gasteiger partial charge in [0.25, 0.3) is 0 Å². The second-order valence-corrected chi connectivity index (χ2v) is 8.07. The molecule has 1 fully saturated rings. The van der Waals surface area contributed by atoms with E-state index < -0.39 is 18.3 Å². The minimum Gasteiger partial charge on any atom is -0.400 e. The number of nitrogens with zero attached hydrogens (tertiary/aromatic N) is 2. The Morgan fingerprint density at radius 1 is 1.38 bits per heavy atom. The van der Waals surface area contributed by atoms with Crippen LogP contribution in [0.25, 0.3) is 6.08 Å². The number of anilines is 1. The van der Waals surface area contributed by atoms with E-state index in [9.17, 15) is 4.79 Å². The molecule has 9 heteroatoms. The van der Waals surface area contributed by atoms with Crippen LogP contribution in [0.1, 0.15) is 40.2 Å². The SMILES string of the molecule is CC(=O)SCC(=Cc1cnc(N)nc1Cl)B1OC(C)(C)C(C)(C)O1. The molecule has 0 amide bonds. The van der Waals surface area contributed by atoms with Gasteiger partial charge < -0.3 is 15.0 Å². The Kier molecular flexibility index (Phi) is 5.64. The Morgan fingerprint density at radius 3 is 2.46 bits per heavy atom. The van der Waals surface area contributed by atoms with Gasteiger partial charge in [0.05, 0.1) is 11.2 Å². The minimum absolute atomic E-state index is 0.0112. The zero-order valence-corrected chi connectivity index (χ0v) is 16.0. The van der Waals surface area contributed by atoms with Crippen LogP contribution >= 0.6 is 23.4 Å². The van der Waals surface area contributed by atoms with Crippen LogP contribution in [0.4, 0.5) is 5.95 Å². The third-order valence-electron chi connectivity index (χ3n) is 4.13. The molecule has 1 saturated heterocycles. The van der Waals surface area contributed by atoms with Crippen molar-refractivity contribution in [1.29, 1.82) is 0 Å². The molecule has 0 aromatic carbocycles. The number of halogens is 1. The van der Waals surface area contributed by atoms with Gasteiger partial charge in [0.1, 0.15) is 5.15 Å². The molecule has 0 aliphatic carbocycles. The summed E-state index contributed by atoms with van der Waals surface area (Å²) < 4.78 is 12.1. The summed E-state index contributed by atoms with van der Waals surface area (Å²) in [6.07, 6.45) is 3.33. The van der Waals surface area contributed by atoms with Gasteiger partial charge in [-0.25, -0.2) is 9.97 Å². The molecule has 0 radical (unpaired) electrons. The number of aromatic nitrogens is 2. The van der Waals surface area contributed by atoms with Crippen molar-refractivity contribution in [2.75, 3.05) is 11.5 Å². The third-order valence-corrected chi connectivity index (χ3v) is 5.31. The maximum absolute atomic E-state index is 11.4. The molecule has 2 heterocycles. The van der Waals surface area contributed by atoms with E-state index in [1.807, 2.05) is 27.7 Å². The van der Waals surface area contributed by atoms with Gasteiger partial charge in [0.2, 0.25) is 5.95 Å². The summed E-state index contributed by atoms with van der Waals surface area (Å²) in [5.74, 6) is 0.528. The van der Waals surface area contributed by atoms with Crippen molar-refractivity contribution in [2.24, 2.45) is 0 Å². The highest BCUT2D eigenvalue weighted by Crippen LogP contribution is 2.39. The van der Waals surface area contributed by atoms with Crippen molar-refractivity contribution in [3.05, 3.63) is 22.4 Å². The van der Waals surface area contributed by atoms with Crippen LogP contribution in [0.2, 0.25) is 5.15 Å². The second-order valence-electron chi connectivity index (χ2n) is 6.56. The Balaban J connectivity index is 2.35. The first-order valence-electron chi connectivity index (χ1n) is 7.49. The fourth-order valence-corrected chi connectivity index (χ4v) is 2.82. The van der Waals surface area contributed by atoms with Gasteiger partial charge in [-0.1, -0.05) is 29.4 Å². The first-order chi connectivity index (χ1) is 11.0. The molecule has 1 aromatic rings. The standard InChI is InChI=1S/C15H21BClN3O3S/c1-9(21)24-8-11(6-10-7-19-13(18)20-12(10)17)16-22-14(2,3)15(4,5)23-16/h6-7H,8H2,1-5H3,(H2,18,19,20). The van der Waals surface area contributed by atoms with E-state index in [2.05, 4.69) is 9.97 Å². The van der Waals surface area contributed by atoms with Crippen molar-refractivity contribution < 1.29 is 14.1 Å². The lowest BCUT2D eigenvalue weighted by molar-refractivity contribution is -0.109. The zero-order valence-electron chi connectivity index (χ0n) is 14.4. The number of hydrogen-bond donors (Lipinski definition) is 1. The molecule has 0 unspecified atom stereocenters. The molecule has 0 bridgehead atoms. The first-order valence-corrected chi connectivity index (χ1v) is 8.86. The number of thioether (sulfide) groups is 1. The van der Waals surface area contributed by atoms with E-state index in [1.165, 1.54) is 24.9 Å². The zero-order chi connectivity index (χ0) is 18.1. The van der Waals surface area contributed by atoms with Gasteiger partial charge in [0.15, 0.2) is 5.12 Å². The molecule has 0 spiro atoms. The maximum Gasteiger partial charge on any atom is 0.491 e. The summed E-state index contributed by atoms with van der Waals surface area (Å²) in [7, 11) is -0.574. The molecule has 24 heavy (non-hydrogen) atoms. The van der Waals surface area contributed by atoms with Crippen LogP contribution in [-0.2, 0) is 14.1 Å². The van der Waals surface area contributed by atoms with Gasteiger partial charge in [-0.3, -0.25) is 4.79 Å². The Hall–Kier alpha value is -1.09. The van der Waals surface area contributed by atoms with Crippen molar-refractivity contribution in [1.82, 2.24) is 9.97 Å². The minimum atomic E-state index is -0.574. The van der Waals surface area contributed by atoms with Crippen LogP contribution < -0.4 is 5.73 Å². The molecule has 1 aliphatic heterocycles. The van der Waals surface area contributed by atoms with Crippen molar-refractivity contribution >= 4 is 47.6 Å². The first kappa shape index (κ1) is 19.2. The van der Waals surface area contributed by atoms with Gasteiger partial charge in [0, 0.05) is 24.4 Å². The molecule has 2 rings (SSSR count). The largest absolute Gasteiger partial charge is 0.491 e. The van der Waals surface area contributed by atoms with Crippen molar-refractivity contribution in [2.45, 2.75) is 45.8 Å². The summed E-state index contributed by atoms with van der Waals surface area (Å²) in [4.78, 5) is 19.3. The van der Waals surface area contributed by atoms with E-state index in [1.54, 1.807) is 6.08 Å². The topological polar surface area (TPSA) is 87.3 Å². The third kappa shape index (κ3) is 4.30. The van der Waals surface area contributed by atoms with Crippen LogP contribution in [0.3, 0.4) is 0 Å². The van der Waals surface area contributed by atoms with E-state index >= 15 is 0 Å². The number of hydrogen-bond acceptors (Lipinski definition) is 7. The fourth-order valence-electron chi connectivity index (χ4n) is 2.04. The number of carbonyl (C=O) groups is 1. The van der Waals surface area contributed by atoms with Crippen molar-refractivity contribution in [3.63, 3.8) is 0 Å². The number of nitrogen functional groups attached to an aromatic ring is 1. The molecule has 6 nitrogen and oxygen atoms in total. The predicted octanol–water partition coefficient (Wildman–Crippen LogP) is 3.01. The fraction of sp³-hybridized carbons (Fsp3) is 0.533. The number of rotatable bonds is 4. The number of nitrogens with two attached hydrogens (primary N) is 1. The summed E-state index contributed by atoms with van der Waals surface area (Å²) in [6, 6.07) is 0. The monoisotopic (exact) mass is 369 g/mol. The summed E-state index contributed by atoms with van der Waals surface area (Å²) in [6.45, 7) is 9.42. The summed E-state index contributed by atoms with van der Waals surface area (Å²) in [5, 5.41) is 0.251. The van der Waals surface area contributed by atoms with Gasteiger partial charge in [-0.2, -0.15) is 0 Å². The van der Waals surface area contributed by atoms with Gasteiger partial charge in [-0.15, -0.1) is 0 Å². The summed E-state index contributed by atoms with van der Waals surface area (Å²) in [5.41, 5.74) is 5.96. The predicted molar refractivity (Wildman–Crippen MR) is 98.7 cm³/mol. The smallest absolute Gasteiger partial charge is 0.400 e. The van der Waals surface area contributed by atoms with E-state index in [-0.39, 0.29) is 16.2 Å². The molecular formula is C15H21BClN3O3S. The van der Waals surface area contributed by atoms with Gasteiger partial charge >= 0.3 is 7.12 Å². The Bertz CT molecular complexity index is 666. The van der Waals surface area contributed by atoms with Gasteiger partial charge in [-0.05, 0) is 33.2 Å².